The molecule has 15 heteroatoms. The van der Waals surface area contributed by atoms with Gasteiger partial charge in [-0.25, -0.2) is 0 Å². The van der Waals surface area contributed by atoms with Gasteiger partial charge in [-0.1, -0.05) is 0 Å². The molecule has 0 radical (unpaired) electrons. The van der Waals surface area contributed by atoms with E-state index in [1.165, 1.54) is 0 Å². The maximum absolute atomic E-state index is 9.93. The minimum atomic E-state index is -1.43. The molecule has 0 aromatic rings. The van der Waals surface area contributed by atoms with Gasteiger partial charge in [-0.05, 0) is 6.42 Å². The molecule has 1 saturated carbocycles. The van der Waals surface area contributed by atoms with Crippen LogP contribution in [0, 0.1) is 0 Å². The van der Waals surface area contributed by atoms with Crippen LogP contribution in [-0.4, -0.2) is 115 Å². The van der Waals surface area contributed by atoms with Crippen LogP contribution in [-0.2, 0) is 23.9 Å². The molecule has 1 saturated heterocycles. The fraction of sp³-hybridized carbons (Fsp3) is 0.833. The second-order valence-electron chi connectivity index (χ2n) is 7.35. The zero-order valence-electron chi connectivity index (χ0n) is 18.7. The van der Waals surface area contributed by atoms with Gasteiger partial charge in [0.1, 0.15) is 24.4 Å². The largest absolute Gasteiger partial charge is 0.481 e. The number of aliphatic carboxylic acids is 3. The molecular weight excluding hydrogens is 450 g/mol. The van der Waals surface area contributed by atoms with Gasteiger partial charge < -0.3 is 62.4 Å². The van der Waals surface area contributed by atoms with E-state index in [-0.39, 0.29) is 13.0 Å². The van der Waals surface area contributed by atoms with Crippen molar-refractivity contribution in [2.45, 2.75) is 88.6 Å². The number of carboxylic acids is 3. The number of carboxylic acid groups (broad SMARTS) is 3. The highest BCUT2D eigenvalue weighted by Crippen LogP contribution is 2.27. The Hall–Kier alpha value is -1.95. The van der Waals surface area contributed by atoms with Crippen LogP contribution in [0.1, 0.15) is 33.6 Å². The molecule has 0 aromatic heterocycles. The molecule has 2 rings (SSSR count). The maximum atomic E-state index is 9.93. The summed E-state index contributed by atoms with van der Waals surface area (Å²) in [7, 11) is 0. The number of aliphatic hydroxyl groups is 4. The fourth-order valence-electron chi connectivity index (χ4n) is 2.76. The normalized spacial score (nSPS) is 35.3. The summed E-state index contributed by atoms with van der Waals surface area (Å²) in [6.45, 7) is 3.22. The maximum Gasteiger partial charge on any atom is 0.300 e. The average Bonchev–Trinajstić information content (AvgIpc) is 2.65. The van der Waals surface area contributed by atoms with E-state index in [1.807, 2.05) is 0 Å². The summed E-state index contributed by atoms with van der Waals surface area (Å²) in [6.07, 6.45) is -6.90. The summed E-state index contributed by atoms with van der Waals surface area (Å²) < 4.78 is 11.0. The van der Waals surface area contributed by atoms with Gasteiger partial charge in [0.2, 0.25) is 0 Å². The number of aliphatic hydroxyl groups excluding tert-OH is 4. The van der Waals surface area contributed by atoms with Crippen molar-refractivity contribution in [1.82, 2.24) is 0 Å². The van der Waals surface area contributed by atoms with E-state index in [0.717, 1.165) is 20.8 Å². The van der Waals surface area contributed by atoms with Crippen LogP contribution in [0.25, 0.3) is 0 Å². The molecule has 2 aliphatic rings. The van der Waals surface area contributed by atoms with Gasteiger partial charge in [0.25, 0.3) is 17.9 Å². The lowest BCUT2D eigenvalue weighted by Crippen LogP contribution is -2.62. The van der Waals surface area contributed by atoms with E-state index in [4.69, 9.17) is 56.4 Å². The van der Waals surface area contributed by atoms with Gasteiger partial charge in [0.05, 0.1) is 12.2 Å². The average molecular weight is 488 g/mol. The molecule has 33 heavy (non-hydrogen) atoms. The minimum absolute atomic E-state index is 0.0327. The molecule has 9 atom stereocenters. The van der Waals surface area contributed by atoms with E-state index in [1.54, 1.807) is 0 Å². The molecule has 0 unspecified atom stereocenters. The minimum Gasteiger partial charge on any atom is -0.481 e. The number of hydrogen-bond donors (Lipinski definition) is 10. The van der Waals surface area contributed by atoms with Crippen LogP contribution in [0.4, 0.5) is 0 Å². The smallest absolute Gasteiger partial charge is 0.300 e. The van der Waals surface area contributed by atoms with Crippen LogP contribution < -0.4 is 17.2 Å². The van der Waals surface area contributed by atoms with Crippen molar-refractivity contribution in [2.24, 2.45) is 17.2 Å². The highest BCUT2D eigenvalue weighted by molar-refractivity contribution is 5.63. The summed E-state index contributed by atoms with van der Waals surface area (Å²) in [4.78, 5) is 27.0. The Bertz CT molecular complexity index is 553. The van der Waals surface area contributed by atoms with Gasteiger partial charge in [-0.15, -0.1) is 0 Å². The third kappa shape index (κ3) is 14.7. The van der Waals surface area contributed by atoms with Crippen molar-refractivity contribution in [3.8, 4) is 0 Å². The molecule has 2 fully saturated rings. The number of ether oxygens (including phenoxy) is 2. The van der Waals surface area contributed by atoms with E-state index < -0.39 is 72.9 Å². The SMILES string of the molecule is CC(=O)O.CC(=O)O.CC(=O)O.NC[C@H]1O[C@H](O[C@H]2C[C@H](O)[C@@H](N)C[C@@H]2N)[C@H](O)[C@@H](O)[C@@H]1O. The van der Waals surface area contributed by atoms with Crippen molar-refractivity contribution in [3.63, 3.8) is 0 Å². The van der Waals surface area contributed by atoms with Gasteiger partial charge in [-0.2, -0.15) is 0 Å². The number of hydrogen-bond acceptors (Lipinski definition) is 12. The van der Waals surface area contributed by atoms with Crippen molar-refractivity contribution in [1.29, 1.82) is 0 Å². The quantitative estimate of drug-likeness (QED) is 0.183. The topological polar surface area (TPSA) is 289 Å². The summed E-state index contributed by atoms with van der Waals surface area (Å²) in [5.74, 6) is -2.50. The molecule has 0 spiro atoms. The first-order valence-electron chi connectivity index (χ1n) is 9.87. The molecule has 0 bridgehead atoms. The van der Waals surface area contributed by atoms with Crippen LogP contribution in [0.2, 0.25) is 0 Å². The van der Waals surface area contributed by atoms with Gasteiger partial charge in [-0.3, -0.25) is 14.4 Å². The molecule has 1 heterocycles. The summed E-state index contributed by atoms with van der Waals surface area (Å²) in [5.41, 5.74) is 17.1. The standard InChI is InChI=1S/C12H25N3O6.3C2H4O2/c13-3-8-9(17)10(18)11(19)12(21-8)20-7-2-6(16)4(14)1-5(7)15;3*1-2(3)4/h4-12,16-19H,1-3,13-15H2;3*1H3,(H,3,4)/t4-,5-,6-,7-,8+,9+,10-,11+,12-;;;/m0.../s1. The van der Waals surface area contributed by atoms with Gasteiger partial charge in [0, 0.05) is 45.8 Å². The molecule has 196 valence electrons. The Morgan fingerprint density at radius 1 is 0.818 bits per heavy atom. The number of rotatable bonds is 3. The highest BCUT2D eigenvalue weighted by atomic mass is 16.7. The van der Waals surface area contributed by atoms with Crippen molar-refractivity contribution < 1.29 is 59.6 Å². The molecule has 0 aromatic carbocycles. The second kappa shape index (κ2) is 16.6. The first-order valence-corrected chi connectivity index (χ1v) is 9.87. The Morgan fingerprint density at radius 2 is 1.24 bits per heavy atom. The fourth-order valence-corrected chi connectivity index (χ4v) is 2.76. The van der Waals surface area contributed by atoms with Gasteiger partial charge in [0.15, 0.2) is 6.29 Å². The van der Waals surface area contributed by atoms with Crippen LogP contribution >= 0.6 is 0 Å². The number of nitrogens with two attached hydrogens (primary N) is 3. The molecule has 1 aliphatic carbocycles. The third-order valence-corrected chi connectivity index (χ3v) is 4.20. The predicted molar refractivity (Wildman–Crippen MR) is 112 cm³/mol. The Kier molecular flexibility index (Phi) is 16.7. The molecular formula is C18H37N3O12. The lowest BCUT2D eigenvalue weighted by Gasteiger charge is -2.43. The lowest BCUT2D eigenvalue weighted by molar-refractivity contribution is -0.309. The zero-order chi connectivity index (χ0) is 26.5. The van der Waals surface area contributed by atoms with E-state index in [9.17, 15) is 20.4 Å². The van der Waals surface area contributed by atoms with E-state index in [2.05, 4.69) is 0 Å². The van der Waals surface area contributed by atoms with Crippen LogP contribution in [0.5, 0.6) is 0 Å². The van der Waals surface area contributed by atoms with Crippen LogP contribution in [0.15, 0.2) is 0 Å². The number of carbonyl (C=O) groups is 3. The van der Waals surface area contributed by atoms with Crippen molar-refractivity contribution in [2.75, 3.05) is 6.54 Å². The Balaban J connectivity index is 0. The first kappa shape index (κ1) is 33.2. The first-order chi connectivity index (χ1) is 15.0. The molecule has 15 nitrogen and oxygen atoms in total. The summed E-state index contributed by atoms with van der Waals surface area (Å²) >= 11 is 0. The zero-order valence-corrected chi connectivity index (χ0v) is 18.7. The lowest BCUT2D eigenvalue weighted by atomic mass is 9.87. The Morgan fingerprint density at radius 3 is 1.64 bits per heavy atom. The van der Waals surface area contributed by atoms with Gasteiger partial charge >= 0.3 is 0 Å². The summed E-state index contributed by atoms with van der Waals surface area (Å²) in [6, 6.07) is -0.833. The monoisotopic (exact) mass is 487 g/mol. The molecule has 13 N–H and O–H groups in total. The van der Waals surface area contributed by atoms with Crippen LogP contribution in [0.3, 0.4) is 0 Å². The Labute approximate surface area is 190 Å². The van der Waals surface area contributed by atoms with Crippen molar-refractivity contribution >= 4 is 17.9 Å². The van der Waals surface area contributed by atoms with Crippen molar-refractivity contribution in [3.05, 3.63) is 0 Å². The summed E-state index contributed by atoms with van der Waals surface area (Å²) in [5, 5.41) is 61.5. The highest BCUT2D eigenvalue weighted by Gasteiger charge is 2.46. The predicted octanol–water partition coefficient (Wildman–Crippen LogP) is -3.78. The van der Waals surface area contributed by atoms with E-state index in [0.29, 0.717) is 6.42 Å². The van der Waals surface area contributed by atoms with E-state index >= 15 is 0 Å². The molecule has 0 amide bonds. The third-order valence-electron chi connectivity index (χ3n) is 4.20. The molecule has 1 aliphatic heterocycles. The second-order valence-corrected chi connectivity index (χ2v) is 7.35.